The molecule has 2 rings (SSSR count). The first-order valence-corrected chi connectivity index (χ1v) is 5.33. The predicted molar refractivity (Wildman–Crippen MR) is 63.7 cm³/mol. The Bertz CT molecular complexity index is 504. The lowest BCUT2D eigenvalue weighted by Gasteiger charge is -2.07. The SMILES string of the molecule is [CH2]COc1ccc(Oc2cc(F)cc(F)c2)cc1. The summed E-state index contributed by atoms with van der Waals surface area (Å²) in [5.74, 6) is -0.124. The van der Waals surface area contributed by atoms with Crippen LogP contribution in [0.3, 0.4) is 0 Å². The van der Waals surface area contributed by atoms with Crippen molar-refractivity contribution in [1.82, 2.24) is 0 Å². The van der Waals surface area contributed by atoms with Gasteiger partial charge in [-0.05, 0) is 31.2 Å². The van der Waals surface area contributed by atoms with E-state index in [2.05, 4.69) is 6.92 Å². The lowest BCUT2D eigenvalue weighted by Crippen LogP contribution is -1.91. The fourth-order valence-corrected chi connectivity index (χ4v) is 1.45. The van der Waals surface area contributed by atoms with Crippen LogP contribution in [0.2, 0.25) is 0 Å². The molecule has 0 heterocycles. The summed E-state index contributed by atoms with van der Waals surface area (Å²) in [5, 5.41) is 0. The van der Waals surface area contributed by atoms with Crippen LogP contribution in [0, 0.1) is 18.6 Å². The fourth-order valence-electron chi connectivity index (χ4n) is 1.45. The first-order chi connectivity index (χ1) is 8.67. The van der Waals surface area contributed by atoms with E-state index in [0.29, 0.717) is 18.1 Å². The molecule has 1 radical (unpaired) electrons. The second kappa shape index (κ2) is 5.49. The van der Waals surface area contributed by atoms with Crippen molar-refractivity contribution >= 4 is 0 Å². The molecule has 0 fully saturated rings. The molecule has 18 heavy (non-hydrogen) atoms. The Kier molecular flexibility index (Phi) is 3.77. The molecule has 0 amide bonds. The van der Waals surface area contributed by atoms with Gasteiger partial charge in [-0.25, -0.2) is 8.78 Å². The van der Waals surface area contributed by atoms with Gasteiger partial charge in [0.1, 0.15) is 28.9 Å². The lowest BCUT2D eigenvalue weighted by molar-refractivity contribution is 0.360. The van der Waals surface area contributed by atoms with Crippen LogP contribution in [0.1, 0.15) is 0 Å². The molecular weight excluding hydrogens is 238 g/mol. The zero-order valence-corrected chi connectivity index (χ0v) is 9.53. The zero-order chi connectivity index (χ0) is 13.0. The third-order valence-electron chi connectivity index (χ3n) is 2.16. The summed E-state index contributed by atoms with van der Waals surface area (Å²) in [6, 6.07) is 9.69. The molecule has 0 aromatic heterocycles. The second-order valence-electron chi connectivity index (χ2n) is 3.53. The van der Waals surface area contributed by atoms with E-state index >= 15 is 0 Å². The molecule has 2 aromatic carbocycles. The highest BCUT2D eigenvalue weighted by Gasteiger charge is 2.03. The van der Waals surface area contributed by atoms with Gasteiger partial charge in [-0.15, -0.1) is 0 Å². The number of ether oxygens (including phenoxy) is 2. The number of hydrogen-bond acceptors (Lipinski definition) is 2. The Morgan fingerprint density at radius 1 is 0.833 bits per heavy atom. The van der Waals surface area contributed by atoms with Crippen LogP contribution < -0.4 is 9.47 Å². The molecule has 0 aliphatic heterocycles. The Morgan fingerprint density at radius 3 is 1.94 bits per heavy atom. The van der Waals surface area contributed by atoms with E-state index in [0.717, 1.165) is 18.2 Å². The van der Waals surface area contributed by atoms with Crippen molar-refractivity contribution in [3.05, 3.63) is 61.0 Å². The van der Waals surface area contributed by atoms with Crippen molar-refractivity contribution in [3.63, 3.8) is 0 Å². The zero-order valence-electron chi connectivity index (χ0n) is 9.53. The Balaban J connectivity index is 2.13. The molecule has 0 aliphatic rings. The number of halogens is 2. The Hall–Kier alpha value is -2.10. The van der Waals surface area contributed by atoms with Gasteiger partial charge in [0.05, 0.1) is 6.61 Å². The number of benzene rings is 2. The molecule has 0 unspecified atom stereocenters. The summed E-state index contributed by atoms with van der Waals surface area (Å²) in [7, 11) is 0. The molecule has 4 heteroatoms. The predicted octanol–water partition coefficient (Wildman–Crippen LogP) is 3.97. The van der Waals surface area contributed by atoms with Crippen LogP contribution in [-0.4, -0.2) is 6.61 Å². The maximum absolute atomic E-state index is 12.9. The standard InChI is InChI=1S/C14H11F2O2/c1-2-17-12-3-5-13(6-4-12)18-14-8-10(15)7-11(16)9-14/h3-9H,1-2H2. The topological polar surface area (TPSA) is 18.5 Å². The van der Waals surface area contributed by atoms with E-state index in [1.165, 1.54) is 0 Å². The van der Waals surface area contributed by atoms with Crippen LogP contribution in [0.25, 0.3) is 0 Å². The smallest absolute Gasteiger partial charge is 0.133 e. The van der Waals surface area contributed by atoms with Gasteiger partial charge in [0, 0.05) is 18.2 Å². The monoisotopic (exact) mass is 249 g/mol. The van der Waals surface area contributed by atoms with E-state index < -0.39 is 11.6 Å². The molecule has 0 spiro atoms. The summed E-state index contributed by atoms with van der Waals surface area (Å²) < 4.78 is 36.4. The van der Waals surface area contributed by atoms with Crippen LogP contribution in [0.5, 0.6) is 17.2 Å². The molecule has 0 saturated heterocycles. The van der Waals surface area contributed by atoms with Gasteiger partial charge in [0.15, 0.2) is 0 Å². The Morgan fingerprint density at radius 2 is 1.39 bits per heavy atom. The first kappa shape index (κ1) is 12.4. The molecule has 0 saturated carbocycles. The maximum Gasteiger partial charge on any atom is 0.133 e. The minimum atomic E-state index is -0.679. The van der Waals surface area contributed by atoms with E-state index in [1.807, 2.05) is 0 Å². The van der Waals surface area contributed by atoms with Crippen molar-refractivity contribution in [2.24, 2.45) is 0 Å². The molecule has 2 nitrogen and oxygen atoms in total. The van der Waals surface area contributed by atoms with Gasteiger partial charge in [0.25, 0.3) is 0 Å². The van der Waals surface area contributed by atoms with Crippen LogP contribution in [0.15, 0.2) is 42.5 Å². The quantitative estimate of drug-likeness (QED) is 0.816. The molecule has 0 bridgehead atoms. The Labute approximate surface area is 104 Å². The fraction of sp³-hybridized carbons (Fsp3) is 0.0714. The van der Waals surface area contributed by atoms with Crippen molar-refractivity contribution in [2.45, 2.75) is 0 Å². The van der Waals surface area contributed by atoms with Crippen LogP contribution >= 0.6 is 0 Å². The summed E-state index contributed by atoms with van der Waals surface area (Å²) in [6.07, 6.45) is 0. The average molecular weight is 249 g/mol. The largest absolute Gasteiger partial charge is 0.494 e. The van der Waals surface area contributed by atoms with E-state index in [-0.39, 0.29) is 5.75 Å². The maximum atomic E-state index is 12.9. The van der Waals surface area contributed by atoms with Gasteiger partial charge < -0.3 is 9.47 Å². The van der Waals surface area contributed by atoms with Gasteiger partial charge >= 0.3 is 0 Å². The second-order valence-corrected chi connectivity index (χ2v) is 3.53. The van der Waals surface area contributed by atoms with Crippen molar-refractivity contribution in [3.8, 4) is 17.2 Å². The highest BCUT2D eigenvalue weighted by Crippen LogP contribution is 2.25. The lowest BCUT2D eigenvalue weighted by atomic mass is 10.3. The highest BCUT2D eigenvalue weighted by atomic mass is 19.1. The van der Waals surface area contributed by atoms with E-state index in [4.69, 9.17) is 9.47 Å². The van der Waals surface area contributed by atoms with Crippen LogP contribution in [-0.2, 0) is 0 Å². The van der Waals surface area contributed by atoms with Crippen molar-refractivity contribution in [2.75, 3.05) is 6.61 Å². The highest BCUT2D eigenvalue weighted by molar-refractivity contribution is 5.35. The van der Waals surface area contributed by atoms with Crippen LogP contribution in [0.4, 0.5) is 8.78 Å². The number of rotatable bonds is 4. The first-order valence-electron chi connectivity index (χ1n) is 5.33. The minimum Gasteiger partial charge on any atom is -0.494 e. The molecule has 93 valence electrons. The van der Waals surface area contributed by atoms with Gasteiger partial charge in [-0.1, -0.05) is 0 Å². The summed E-state index contributed by atoms with van der Waals surface area (Å²) in [6.45, 7) is 3.88. The summed E-state index contributed by atoms with van der Waals surface area (Å²) in [4.78, 5) is 0. The summed E-state index contributed by atoms with van der Waals surface area (Å²) in [5.41, 5.74) is 0. The number of hydrogen-bond donors (Lipinski definition) is 0. The molecule has 0 atom stereocenters. The van der Waals surface area contributed by atoms with E-state index in [9.17, 15) is 8.78 Å². The molecular formula is C14H11F2O2. The molecule has 0 aliphatic carbocycles. The van der Waals surface area contributed by atoms with Crippen molar-refractivity contribution < 1.29 is 18.3 Å². The molecule has 2 aromatic rings. The van der Waals surface area contributed by atoms with Gasteiger partial charge in [-0.3, -0.25) is 0 Å². The van der Waals surface area contributed by atoms with Crippen molar-refractivity contribution in [1.29, 1.82) is 0 Å². The average Bonchev–Trinajstić information content (AvgIpc) is 2.31. The summed E-state index contributed by atoms with van der Waals surface area (Å²) >= 11 is 0. The molecule has 0 N–H and O–H groups in total. The minimum absolute atomic E-state index is 0.110. The third kappa shape index (κ3) is 3.20. The normalized spacial score (nSPS) is 10.2. The third-order valence-corrected chi connectivity index (χ3v) is 2.16. The van der Waals surface area contributed by atoms with Gasteiger partial charge in [-0.2, -0.15) is 0 Å². The van der Waals surface area contributed by atoms with E-state index in [1.54, 1.807) is 24.3 Å². The van der Waals surface area contributed by atoms with Gasteiger partial charge in [0.2, 0.25) is 0 Å².